The molecule has 1 unspecified atom stereocenters. The molecular formula is C29H36F6O. The van der Waals surface area contributed by atoms with Crippen molar-refractivity contribution in [1.29, 1.82) is 0 Å². The minimum atomic E-state index is -4.25. The van der Waals surface area contributed by atoms with E-state index >= 15 is 0 Å². The molecule has 0 spiro atoms. The molecular weight excluding hydrogens is 478 g/mol. The maximum absolute atomic E-state index is 14.9. The molecule has 0 aromatic heterocycles. The summed E-state index contributed by atoms with van der Waals surface area (Å²) >= 11 is 0. The molecule has 1 fully saturated rings. The number of alkyl halides is 2. The SMILES string of the molecule is CCCCCC1CCC(c2ccc(C(F)(F)OC(C)c3ccc(CCC)c(F)c3F)c(F)c2F)CC1. The Labute approximate surface area is 210 Å². The fraction of sp³-hybridized carbons (Fsp3) is 0.586. The van der Waals surface area contributed by atoms with E-state index in [2.05, 4.69) is 11.7 Å². The predicted molar refractivity (Wildman–Crippen MR) is 129 cm³/mol. The van der Waals surface area contributed by atoms with Crippen LogP contribution >= 0.6 is 0 Å². The lowest BCUT2D eigenvalue weighted by atomic mass is 9.76. The third-order valence-electron chi connectivity index (χ3n) is 7.40. The van der Waals surface area contributed by atoms with Gasteiger partial charge in [-0.05, 0) is 68.1 Å². The lowest BCUT2D eigenvalue weighted by Gasteiger charge is -2.30. The van der Waals surface area contributed by atoms with Crippen LogP contribution in [-0.2, 0) is 17.3 Å². The van der Waals surface area contributed by atoms with Crippen molar-refractivity contribution in [3.05, 3.63) is 69.8 Å². The van der Waals surface area contributed by atoms with Gasteiger partial charge in [0.2, 0.25) is 0 Å². The largest absolute Gasteiger partial charge is 0.386 e. The molecule has 0 saturated heterocycles. The molecule has 0 aliphatic heterocycles. The van der Waals surface area contributed by atoms with Crippen molar-refractivity contribution in [2.45, 2.75) is 103 Å². The van der Waals surface area contributed by atoms with Gasteiger partial charge >= 0.3 is 6.11 Å². The Balaban J connectivity index is 1.73. The van der Waals surface area contributed by atoms with Gasteiger partial charge in [-0.25, -0.2) is 17.6 Å². The molecule has 1 aliphatic rings. The van der Waals surface area contributed by atoms with E-state index in [4.69, 9.17) is 0 Å². The lowest BCUT2D eigenvalue weighted by Crippen LogP contribution is -2.24. The summed E-state index contributed by atoms with van der Waals surface area (Å²) in [6, 6.07) is 4.55. The second-order valence-electron chi connectivity index (χ2n) is 10.0. The zero-order valence-electron chi connectivity index (χ0n) is 21.3. The lowest BCUT2D eigenvalue weighted by molar-refractivity contribution is -0.274. The van der Waals surface area contributed by atoms with E-state index in [0.717, 1.165) is 45.1 Å². The van der Waals surface area contributed by atoms with E-state index in [9.17, 15) is 26.3 Å². The minimum absolute atomic E-state index is 0.103. The van der Waals surface area contributed by atoms with Crippen LogP contribution < -0.4 is 0 Å². The molecule has 0 amide bonds. The quantitative estimate of drug-likeness (QED) is 0.214. The summed E-state index contributed by atoms with van der Waals surface area (Å²) in [5, 5.41) is 0. The highest BCUT2D eigenvalue weighted by molar-refractivity contribution is 5.32. The van der Waals surface area contributed by atoms with Crippen molar-refractivity contribution in [2.24, 2.45) is 5.92 Å². The molecule has 2 aromatic carbocycles. The molecule has 1 saturated carbocycles. The molecule has 0 bridgehead atoms. The second kappa shape index (κ2) is 12.5. The standard InChI is InChI=1S/C29H36F6O/c1-4-6-7-9-19-10-12-20(13-11-19)23-16-17-24(28(33)27(23)32)29(34,35)36-18(3)22-15-14-21(8-5-2)25(30)26(22)31/h14-20H,4-13H2,1-3H3. The van der Waals surface area contributed by atoms with Gasteiger partial charge in [-0.15, -0.1) is 0 Å². The number of hydrogen-bond donors (Lipinski definition) is 0. The molecule has 200 valence electrons. The normalized spacial score (nSPS) is 19.5. The van der Waals surface area contributed by atoms with Gasteiger partial charge < -0.3 is 4.74 Å². The van der Waals surface area contributed by atoms with Gasteiger partial charge in [0.1, 0.15) is 0 Å². The monoisotopic (exact) mass is 514 g/mol. The highest BCUT2D eigenvalue weighted by atomic mass is 19.3. The van der Waals surface area contributed by atoms with E-state index in [1.165, 1.54) is 24.6 Å². The predicted octanol–water partition coefficient (Wildman–Crippen LogP) is 9.88. The third-order valence-corrected chi connectivity index (χ3v) is 7.40. The Morgan fingerprint density at radius 3 is 2.17 bits per heavy atom. The fourth-order valence-electron chi connectivity index (χ4n) is 5.28. The molecule has 0 heterocycles. The van der Waals surface area contributed by atoms with Gasteiger partial charge in [-0.2, -0.15) is 8.78 Å². The summed E-state index contributed by atoms with van der Waals surface area (Å²) in [4.78, 5) is 0. The first-order chi connectivity index (χ1) is 17.1. The number of ether oxygens (including phenoxy) is 1. The summed E-state index contributed by atoms with van der Waals surface area (Å²) in [5.74, 6) is -5.01. The Morgan fingerprint density at radius 2 is 1.53 bits per heavy atom. The minimum Gasteiger partial charge on any atom is -0.308 e. The molecule has 0 N–H and O–H groups in total. The molecule has 1 atom stereocenters. The number of aryl methyl sites for hydroxylation is 1. The number of rotatable bonds is 11. The summed E-state index contributed by atoms with van der Waals surface area (Å²) < 4.78 is 93.0. The van der Waals surface area contributed by atoms with Gasteiger partial charge in [0, 0.05) is 5.56 Å². The number of unbranched alkanes of at least 4 members (excludes halogenated alkanes) is 2. The summed E-state index contributed by atoms with van der Waals surface area (Å²) in [7, 11) is 0. The van der Waals surface area contributed by atoms with Crippen molar-refractivity contribution in [3.63, 3.8) is 0 Å². The Kier molecular flexibility index (Phi) is 9.90. The first-order valence-electron chi connectivity index (χ1n) is 13.1. The summed E-state index contributed by atoms with van der Waals surface area (Å²) in [6.45, 7) is 5.07. The maximum atomic E-state index is 14.9. The van der Waals surface area contributed by atoms with Crippen molar-refractivity contribution in [1.82, 2.24) is 0 Å². The van der Waals surface area contributed by atoms with Gasteiger partial charge in [0.25, 0.3) is 0 Å². The molecule has 2 aromatic rings. The Hall–Kier alpha value is -2.02. The van der Waals surface area contributed by atoms with Crippen molar-refractivity contribution >= 4 is 0 Å². The zero-order chi connectivity index (χ0) is 26.5. The number of hydrogen-bond acceptors (Lipinski definition) is 1. The van der Waals surface area contributed by atoms with Gasteiger partial charge in [0.15, 0.2) is 23.3 Å². The van der Waals surface area contributed by atoms with Crippen molar-refractivity contribution < 1.29 is 31.1 Å². The van der Waals surface area contributed by atoms with Crippen LogP contribution in [0, 0.1) is 29.2 Å². The van der Waals surface area contributed by atoms with Gasteiger partial charge in [-0.1, -0.05) is 64.2 Å². The van der Waals surface area contributed by atoms with Crippen LogP contribution in [0.25, 0.3) is 0 Å². The molecule has 1 nitrogen and oxygen atoms in total. The van der Waals surface area contributed by atoms with Crippen LogP contribution in [0.4, 0.5) is 26.3 Å². The van der Waals surface area contributed by atoms with E-state index < -0.39 is 46.6 Å². The van der Waals surface area contributed by atoms with Crippen molar-refractivity contribution in [3.8, 4) is 0 Å². The summed E-state index contributed by atoms with van der Waals surface area (Å²) in [5.41, 5.74) is -1.43. The van der Waals surface area contributed by atoms with Crippen LogP contribution in [0.5, 0.6) is 0 Å². The topological polar surface area (TPSA) is 9.23 Å². The second-order valence-corrected chi connectivity index (χ2v) is 10.0. The first-order valence-corrected chi connectivity index (χ1v) is 13.1. The Morgan fingerprint density at radius 1 is 0.833 bits per heavy atom. The van der Waals surface area contributed by atoms with Crippen LogP contribution in [0.2, 0.25) is 0 Å². The summed E-state index contributed by atoms with van der Waals surface area (Å²) in [6.07, 6.45) is 2.86. The van der Waals surface area contributed by atoms with Crippen LogP contribution in [0.1, 0.15) is 113 Å². The fourth-order valence-corrected chi connectivity index (χ4v) is 5.28. The zero-order valence-corrected chi connectivity index (χ0v) is 21.3. The van der Waals surface area contributed by atoms with E-state index in [0.29, 0.717) is 31.6 Å². The average Bonchev–Trinajstić information content (AvgIpc) is 2.84. The average molecular weight is 515 g/mol. The number of benzene rings is 2. The highest BCUT2D eigenvalue weighted by Crippen LogP contribution is 2.42. The van der Waals surface area contributed by atoms with Crippen molar-refractivity contribution in [2.75, 3.05) is 0 Å². The van der Waals surface area contributed by atoms with E-state index in [1.807, 2.05) is 0 Å². The highest BCUT2D eigenvalue weighted by Gasteiger charge is 2.41. The van der Waals surface area contributed by atoms with Crippen LogP contribution in [-0.4, -0.2) is 0 Å². The van der Waals surface area contributed by atoms with Gasteiger partial charge in [-0.3, -0.25) is 0 Å². The first kappa shape index (κ1) is 28.5. The number of halogens is 6. The van der Waals surface area contributed by atoms with Gasteiger partial charge in [0.05, 0.1) is 11.7 Å². The van der Waals surface area contributed by atoms with Crippen LogP contribution in [0.15, 0.2) is 24.3 Å². The van der Waals surface area contributed by atoms with Crippen LogP contribution in [0.3, 0.4) is 0 Å². The molecule has 0 radical (unpaired) electrons. The molecule has 3 rings (SSSR count). The Bertz CT molecular complexity index is 1010. The third kappa shape index (κ3) is 6.45. The smallest absolute Gasteiger partial charge is 0.308 e. The van der Waals surface area contributed by atoms with E-state index in [1.54, 1.807) is 6.92 Å². The maximum Gasteiger partial charge on any atom is 0.386 e. The molecule has 36 heavy (non-hydrogen) atoms. The van der Waals surface area contributed by atoms with E-state index in [-0.39, 0.29) is 17.0 Å². The molecule has 1 aliphatic carbocycles. The molecule has 7 heteroatoms.